The number of fused-ring (bicyclic) bond motifs is 3. The summed E-state index contributed by atoms with van der Waals surface area (Å²) in [6, 6.07) is 3.83. The minimum Gasteiger partial charge on any atom is -0.359 e. The van der Waals surface area contributed by atoms with Gasteiger partial charge in [-0.15, -0.1) is 4.72 Å². The maximum absolute atomic E-state index is 11.9. The fraction of sp³-hybridized carbons (Fsp3) is 0.167. The molecule has 1 N–H and O–H groups in total. The van der Waals surface area contributed by atoms with E-state index in [1.165, 1.54) is 4.31 Å². The SMILES string of the molecule is CCN1C=c2ccc3c(c2[N]S1(=O)=O)NC=CC=3. The van der Waals surface area contributed by atoms with Crippen LogP contribution in [0, 0.1) is 0 Å². The van der Waals surface area contributed by atoms with Gasteiger partial charge in [-0.25, -0.2) is 0 Å². The molecule has 2 heterocycles. The van der Waals surface area contributed by atoms with Gasteiger partial charge in [-0.3, -0.25) is 4.31 Å². The third-order valence-corrected chi connectivity index (χ3v) is 4.31. The standard InChI is InChI=1S/C12H12N3O2S/c1-2-15-8-10-6-5-9-4-3-7-13-11(9)12(10)14-18(15,16)17/h3-8,13H,2H2,1H3. The van der Waals surface area contributed by atoms with Gasteiger partial charge in [0.15, 0.2) is 0 Å². The summed E-state index contributed by atoms with van der Waals surface area (Å²) in [5, 5.41) is 4.80. The van der Waals surface area contributed by atoms with E-state index in [-0.39, 0.29) is 0 Å². The Morgan fingerprint density at radius 1 is 1.33 bits per heavy atom. The van der Waals surface area contributed by atoms with Crippen molar-refractivity contribution in [1.29, 1.82) is 0 Å². The van der Waals surface area contributed by atoms with Crippen molar-refractivity contribution in [2.45, 2.75) is 6.92 Å². The molecule has 3 rings (SSSR count). The van der Waals surface area contributed by atoms with Gasteiger partial charge in [0.05, 0.1) is 5.69 Å². The Morgan fingerprint density at radius 2 is 2.11 bits per heavy atom. The first kappa shape index (κ1) is 11.2. The van der Waals surface area contributed by atoms with Crippen molar-refractivity contribution < 1.29 is 8.42 Å². The van der Waals surface area contributed by atoms with Crippen LogP contribution >= 0.6 is 0 Å². The van der Waals surface area contributed by atoms with Crippen molar-refractivity contribution in [3.8, 4) is 0 Å². The molecule has 0 atom stereocenters. The van der Waals surface area contributed by atoms with Crippen LogP contribution < -0.4 is 20.5 Å². The third-order valence-electron chi connectivity index (χ3n) is 2.94. The third kappa shape index (κ3) is 1.57. The van der Waals surface area contributed by atoms with Gasteiger partial charge in [-0.1, -0.05) is 18.2 Å². The fourth-order valence-electron chi connectivity index (χ4n) is 2.04. The Balaban J connectivity index is 2.31. The maximum atomic E-state index is 11.9. The van der Waals surface area contributed by atoms with E-state index < -0.39 is 10.2 Å². The summed E-state index contributed by atoms with van der Waals surface area (Å²) in [6.07, 6.45) is 7.17. The highest BCUT2D eigenvalue weighted by molar-refractivity contribution is 7.87. The van der Waals surface area contributed by atoms with E-state index in [2.05, 4.69) is 10.0 Å². The first-order chi connectivity index (χ1) is 8.62. The number of nitrogens with one attached hydrogen (secondary N) is 1. The molecule has 0 saturated carbocycles. The average Bonchev–Trinajstić information content (AvgIpc) is 2.37. The van der Waals surface area contributed by atoms with E-state index in [9.17, 15) is 8.42 Å². The summed E-state index contributed by atoms with van der Waals surface area (Å²) < 4.78 is 29.0. The second-order valence-corrected chi connectivity index (χ2v) is 5.59. The normalized spacial score (nSPS) is 18.6. The monoisotopic (exact) mass is 262 g/mol. The Hall–Kier alpha value is -1.95. The first-order valence-electron chi connectivity index (χ1n) is 5.65. The lowest BCUT2D eigenvalue weighted by Gasteiger charge is -2.24. The van der Waals surface area contributed by atoms with Gasteiger partial charge in [-0.2, -0.15) is 8.42 Å². The highest BCUT2D eigenvalue weighted by Gasteiger charge is 2.26. The first-order valence-corrected chi connectivity index (χ1v) is 7.04. The number of hydrogen-bond donors (Lipinski definition) is 1. The highest BCUT2D eigenvalue weighted by Crippen LogP contribution is 2.20. The largest absolute Gasteiger partial charge is 0.359 e. The van der Waals surface area contributed by atoms with E-state index >= 15 is 0 Å². The van der Waals surface area contributed by atoms with Crippen LogP contribution in [0.3, 0.4) is 0 Å². The van der Waals surface area contributed by atoms with Crippen LogP contribution in [-0.2, 0) is 10.2 Å². The van der Waals surface area contributed by atoms with E-state index in [4.69, 9.17) is 0 Å². The Kier molecular flexibility index (Phi) is 2.34. The van der Waals surface area contributed by atoms with Crippen LogP contribution in [0.1, 0.15) is 6.92 Å². The summed E-state index contributed by atoms with van der Waals surface area (Å²) in [7, 11) is -3.60. The van der Waals surface area contributed by atoms with Crippen molar-refractivity contribution in [3.63, 3.8) is 0 Å². The zero-order chi connectivity index (χ0) is 12.8. The minimum atomic E-state index is -3.60. The zero-order valence-electron chi connectivity index (χ0n) is 9.79. The van der Waals surface area contributed by atoms with Crippen LogP contribution in [0.15, 0.2) is 24.4 Å². The Bertz CT molecular complexity index is 750. The van der Waals surface area contributed by atoms with Gasteiger partial charge in [0, 0.05) is 29.4 Å². The predicted octanol–water partition coefficient (Wildman–Crippen LogP) is -0.0395. The molecule has 93 valence electrons. The summed E-state index contributed by atoms with van der Waals surface area (Å²) in [6.45, 7) is 2.16. The number of anilines is 1. The quantitative estimate of drug-likeness (QED) is 0.772. The van der Waals surface area contributed by atoms with Gasteiger partial charge < -0.3 is 5.32 Å². The Labute approximate surface area is 105 Å². The lowest BCUT2D eigenvalue weighted by Crippen LogP contribution is -2.39. The second-order valence-electron chi connectivity index (χ2n) is 4.04. The molecule has 0 amide bonds. The van der Waals surface area contributed by atoms with Gasteiger partial charge in [0.25, 0.3) is 0 Å². The number of hydrogen-bond acceptors (Lipinski definition) is 3. The number of allylic oxidation sites excluding steroid dienone is 1. The molecule has 1 aromatic carbocycles. The van der Waals surface area contributed by atoms with E-state index in [0.717, 1.165) is 16.1 Å². The van der Waals surface area contributed by atoms with Gasteiger partial charge in [0.1, 0.15) is 5.69 Å². The van der Waals surface area contributed by atoms with Crippen molar-refractivity contribution in [1.82, 2.24) is 9.03 Å². The number of benzene rings is 1. The van der Waals surface area contributed by atoms with Gasteiger partial charge in [0.2, 0.25) is 0 Å². The number of nitrogens with zero attached hydrogens (tertiary/aromatic N) is 2. The molecule has 0 aromatic heterocycles. The molecule has 6 heteroatoms. The molecule has 2 aliphatic heterocycles. The molecule has 1 radical (unpaired) electrons. The molecule has 0 bridgehead atoms. The molecule has 0 unspecified atom stereocenters. The molecule has 0 fully saturated rings. The van der Waals surface area contributed by atoms with Crippen LogP contribution in [0.4, 0.5) is 11.4 Å². The molecule has 0 aliphatic carbocycles. The van der Waals surface area contributed by atoms with Crippen LogP contribution in [0.2, 0.25) is 0 Å². The smallest absolute Gasteiger partial charge is 0.344 e. The average molecular weight is 262 g/mol. The topological polar surface area (TPSA) is 63.5 Å². The van der Waals surface area contributed by atoms with Crippen LogP contribution in [0.25, 0.3) is 12.3 Å². The molecule has 0 saturated heterocycles. The summed E-state index contributed by atoms with van der Waals surface area (Å²) in [5.41, 5.74) is 1.23. The highest BCUT2D eigenvalue weighted by atomic mass is 32.2. The molecule has 1 aromatic rings. The molecular weight excluding hydrogens is 250 g/mol. The lowest BCUT2D eigenvalue weighted by molar-refractivity contribution is 0.518. The summed E-state index contributed by atoms with van der Waals surface area (Å²) >= 11 is 0. The lowest BCUT2D eigenvalue weighted by atomic mass is 10.1. The van der Waals surface area contributed by atoms with Crippen molar-refractivity contribution in [2.24, 2.45) is 0 Å². The molecule has 18 heavy (non-hydrogen) atoms. The van der Waals surface area contributed by atoms with E-state index in [1.54, 1.807) is 19.3 Å². The Morgan fingerprint density at radius 3 is 2.89 bits per heavy atom. The second kappa shape index (κ2) is 3.78. The van der Waals surface area contributed by atoms with Crippen molar-refractivity contribution in [2.75, 3.05) is 11.9 Å². The van der Waals surface area contributed by atoms with E-state index in [0.29, 0.717) is 12.2 Å². The summed E-state index contributed by atoms with van der Waals surface area (Å²) in [5.74, 6) is 0. The fourth-order valence-corrected chi connectivity index (χ4v) is 3.15. The maximum Gasteiger partial charge on any atom is 0.344 e. The molecule has 5 nitrogen and oxygen atoms in total. The van der Waals surface area contributed by atoms with Crippen molar-refractivity contribution in [3.05, 3.63) is 34.8 Å². The van der Waals surface area contributed by atoms with Gasteiger partial charge in [-0.05, 0) is 13.0 Å². The molecule has 0 spiro atoms. The predicted molar refractivity (Wildman–Crippen MR) is 70.5 cm³/mol. The van der Waals surface area contributed by atoms with Crippen molar-refractivity contribution >= 4 is 33.9 Å². The molecular formula is C12H12N3O2S. The van der Waals surface area contributed by atoms with Crippen LogP contribution in [0.5, 0.6) is 0 Å². The zero-order valence-corrected chi connectivity index (χ0v) is 10.6. The summed E-state index contributed by atoms with van der Waals surface area (Å²) in [4.78, 5) is 0. The molecule has 2 aliphatic rings. The van der Waals surface area contributed by atoms with Crippen LogP contribution in [-0.4, -0.2) is 19.3 Å². The van der Waals surface area contributed by atoms with E-state index in [1.807, 2.05) is 24.3 Å². The number of rotatable bonds is 1. The minimum absolute atomic E-state index is 0.377. The van der Waals surface area contributed by atoms with Gasteiger partial charge >= 0.3 is 10.2 Å².